The smallest absolute Gasteiger partial charge is 0.223 e. The number of hydrogen-bond donors (Lipinski definition) is 4. The molecule has 4 rings (SSSR count). The van der Waals surface area contributed by atoms with E-state index in [1.165, 1.54) is 70.6 Å². The highest BCUT2D eigenvalue weighted by molar-refractivity contribution is 5.76. The Labute approximate surface area is 278 Å². The van der Waals surface area contributed by atoms with Gasteiger partial charge in [-0.15, -0.1) is 0 Å². The summed E-state index contributed by atoms with van der Waals surface area (Å²) in [7, 11) is 0. The quantitative estimate of drug-likeness (QED) is 0.123. The lowest BCUT2D eigenvalue weighted by molar-refractivity contribution is -0.135. The van der Waals surface area contributed by atoms with Crippen LogP contribution in [0.3, 0.4) is 0 Å². The molecule has 5 N–H and O–H groups in total. The average molecular weight is 630 g/mol. The van der Waals surface area contributed by atoms with Crippen molar-refractivity contribution in [2.45, 2.75) is 156 Å². The first kappa shape index (κ1) is 37.1. The van der Waals surface area contributed by atoms with Crippen LogP contribution in [0.4, 0.5) is 0 Å². The van der Waals surface area contributed by atoms with E-state index in [1.807, 2.05) is 0 Å². The number of carbonyl (C=O) groups excluding carboxylic acids is 1. The molecule has 0 spiro atoms. The minimum absolute atomic E-state index is 0.288. The first-order valence-electron chi connectivity index (χ1n) is 19.7. The van der Waals surface area contributed by atoms with Crippen LogP contribution in [0.25, 0.3) is 0 Å². The molecule has 0 bridgehead atoms. The number of fused-ring (bicyclic) bond motifs is 5. The molecule has 6 heteroatoms. The van der Waals surface area contributed by atoms with Crippen molar-refractivity contribution >= 4 is 5.91 Å². The van der Waals surface area contributed by atoms with Gasteiger partial charge in [-0.25, -0.2) is 0 Å². The number of nitrogens with one attached hydrogen (secondary N) is 3. The zero-order chi connectivity index (χ0) is 32.6. The van der Waals surface area contributed by atoms with E-state index >= 15 is 0 Å². The van der Waals surface area contributed by atoms with E-state index in [-0.39, 0.29) is 12.1 Å². The van der Waals surface area contributed by atoms with Gasteiger partial charge in [-0.2, -0.15) is 0 Å². The summed E-state index contributed by atoms with van der Waals surface area (Å²) >= 11 is 0. The van der Waals surface area contributed by atoms with E-state index in [0.29, 0.717) is 22.7 Å². The van der Waals surface area contributed by atoms with Crippen LogP contribution < -0.4 is 21.7 Å². The molecular formula is C39H75N5O. The van der Waals surface area contributed by atoms with E-state index in [1.54, 1.807) is 0 Å². The molecule has 0 aliphatic heterocycles. The molecular weight excluding hydrogens is 554 g/mol. The highest BCUT2D eigenvalue weighted by Crippen LogP contribution is 2.68. The highest BCUT2D eigenvalue weighted by Gasteiger charge is 2.60. The van der Waals surface area contributed by atoms with Gasteiger partial charge in [-0.1, -0.05) is 20.8 Å². The molecule has 0 saturated heterocycles. The second-order valence-corrected chi connectivity index (χ2v) is 17.2. The third-order valence-corrected chi connectivity index (χ3v) is 13.9. The van der Waals surface area contributed by atoms with Gasteiger partial charge < -0.3 is 26.6 Å². The molecule has 4 aliphatic carbocycles. The van der Waals surface area contributed by atoms with Gasteiger partial charge in [0.1, 0.15) is 0 Å². The van der Waals surface area contributed by atoms with E-state index in [2.05, 4.69) is 69.3 Å². The Bertz CT molecular complexity index is 887. The van der Waals surface area contributed by atoms with Gasteiger partial charge in [0.2, 0.25) is 5.91 Å². The number of nitrogens with zero attached hydrogens (tertiary/aromatic N) is 1. The molecule has 0 aromatic carbocycles. The van der Waals surface area contributed by atoms with E-state index < -0.39 is 0 Å². The van der Waals surface area contributed by atoms with Gasteiger partial charge in [0.25, 0.3) is 0 Å². The molecule has 9 atom stereocenters. The molecule has 0 aromatic heterocycles. The molecule has 0 heterocycles. The van der Waals surface area contributed by atoms with Gasteiger partial charge >= 0.3 is 0 Å². The topological polar surface area (TPSA) is 82.4 Å². The Hall–Kier alpha value is -0.690. The van der Waals surface area contributed by atoms with Crippen LogP contribution >= 0.6 is 0 Å². The molecule has 4 unspecified atom stereocenters. The summed E-state index contributed by atoms with van der Waals surface area (Å²) in [6.07, 6.45) is 18.1. The molecule has 6 nitrogen and oxygen atoms in total. The lowest BCUT2D eigenvalue weighted by Crippen LogP contribution is -2.55. The summed E-state index contributed by atoms with van der Waals surface area (Å²) in [4.78, 5) is 15.3. The third kappa shape index (κ3) is 8.86. The number of carbonyl (C=O) groups is 1. The van der Waals surface area contributed by atoms with E-state index in [9.17, 15) is 4.79 Å². The minimum Gasteiger partial charge on any atom is -0.338 e. The largest absolute Gasteiger partial charge is 0.338 e. The molecule has 262 valence electrons. The van der Waals surface area contributed by atoms with E-state index in [0.717, 1.165) is 94.2 Å². The summed E-state index contributed by atoms with van der Waals surface area (Å²) in [6, 6.07) is 1.30. The predicted octanol–water partition coefficient (Wildman–Crippen LogP) is 6.97. The van der Waals surface area contributed by atoms with Crippen molar-refractivity contribution in [2.75, 3.05) is 39.3 Å². The van der Waals surface area contributed by atoms with Crippen LogP contribution in [0.5, 0.6) is 0 Å². The third-order valence-electron chi connectivity index (χ3n) is 13.9. The Morgan fingerprint density at radius 1 is 0.778 bits per heavy atom. The van der Waals surface area contributed by atoms with Gasteiger partial charge in [0.05, 0.1) is 0 Å². The second kappa shape index (κ2) is 17.1. The van der Waals surface area contributed by atoms with Crippen molar-refractivity contribution in [3.63, 3.8) is 0 Å². The lowest BCUT2D eigenvalue weighted by atomic mass is 9.44. The van der Waals surface area contributed by atoms with Crippen molar-refractivity contribution < 1.29 is 4.79 Å². The SMILES string of the molecule is CC(C)N(C(=O)CC[C@@H](C)[C@H]1CCC2C3CCC4C[C@@H](NCCCNCCCNCCCN)CC[C@]4(C)C3CC[C@@]21C)C(C)C. The second-order valence-electron chi connectivity index (χ2n) is 17.2. The van der Waals surface area contributed by atoms with Crippen LogP contribution in [-0.2, 0) is 4.79 Å². The van der Waals surface area contributed by atoms with Crippen LogP contribution in [0.15, 0.2) is 0 Å². The Morgan fingerprint density at radius 3 is 2.07 bits per heavy atom. The zero-order valence-corrected chi connectivity index (χ0v) is 30.8. The summed E-state index contributed by atoms with van der Waals surface area (Å²) in [6.45, 7) is 22.8. The van der Waals surface area contributed by atoms with Crippen molar-refractivity contribution in [1.82, 2.24) is 20.9 Å². The van der Waals surface area contributed by atoms with Crippen LogP contribution in [0.1, 0.15) is 138 Å². The number of nitrogens with two attached hydrogens (primary N) is 1. The van der Waals surface area contributed by atoms with E-state index in [4.69, 9.17) is 5.73 Å². The molecule has 4 fully saturated rings. The number of rotatable bonds is 18. The highest BCUT2D eigenvalue weighted by atomic mass is 16.2. The monoisotopic (exact) mass is 630 g/mol. The van der Waals surface area contributed by atoms with Crippen LogP contribution in [0.2, 0.25) is 0 Å². The Morgan fingerprint density at radius 2 is 1.40 bits per heavy atom. The maximum Gasteiger partial charge on any atom is 0.223 e. The van der Waals surface area contributed by atoms with Crippen molar-refractivity contribution in [1.29, 1.82) is 0 Å². The molecule has 0 aromatic rings. The van der Waals surface area contributed by atoms with Crippen molar-refractivity contribution in [3.8, 4) is 0 Å². The van der Waals surface area contributed by atoms with Crippen molar-refractivity contribution in [3.05, 3.63) is 0 Å². The standard InChI is InChI=1S/C39H75N5O/c1-28(2)44(29(3)4)37(45)16-11-30(5)34-14-15-35-33-13-12-31-27-32(17-19-38(31,6)36(33)18-20-39(34,35)7)43-26-10-25-42-24-9-23-41-22-8-21-40/h28-36,41-43H,8-27,40H2,1-7H3/t30-,31?,32+,33?,34-,35?,36?,38+,39-/m1/s1. The summed E-state index contributed by atoms with van der Waals surface area (Å²) in [5.74, 6) is 5.49. The van der Waals surface area contributed by atoms with Gasteiger partial charge in [-0.3, -0.25) is 4.79 Å². The Kier molecular flexibility index (Phi) is 14.1. The molecule has 45 heavy (non-hydrogen) atoms. The zero-order valence-electron chi connectivity index (χ0n) is 30.8. The van der Waals surface area contributed by atoms with Gasteiger partial charge in [0.15, 0.2) is 0 Å². The Balaban J connectivity index is 1.21. The number of amides is 1. The fourth-order valence-corrected chi connectivity index (χ4v) is 11.6. The van der Waals surface area contributed by atoms with Gasteiger partial charge in [-0.05, 0) is 197 Å². The number of hydrogen-bond acceptors (Lipinski definition) is 5. The fraction of sp³-hybridized carbons (Fsp3) is 0.974. The first-order chi connectivity index (χ1) is 21.5. The van der Waals surface area contributed by atoms with Gasteiger partial charge in [0, 0.05) is 24.5 Å². The molecule has 0 radical (unpaired) electrons. The van der Waals surface area contributed by atoms with Crippen molar-refractivity contribution in [2.24, 2.45) is 52.1 Å². The van der Waals surface area contributed by atoms with Crippen LogP contribution in [0, 0.1) is 46.3 Å². The summed E-state index contributed by atoms with van der Waals surface area (Å²) in [5, 5.41) is 11.1. The minimum atomic E-state index is 0.288. The average Bonchev–Trinajstić information content (AvgIpc) is 3.35. The predicted molar refractivity (Wildman–Crippen MR) is 191 cm³/mol. The normalized spacial score (nSPS) is 35.2. The van der Waals surface area contributed by atoms with Crippen LogP contribution in [-0.4, -0.2) is 68.2 Å². The molecule has 4 saturated carbocycles. The summed E-state index contributed by atoms with van der Waals surface area (Å²) < 4.78 is 0. The molecule has 4 aliphatic rings. The summed E-state index contributed by atoms with van der Waals surface area (Å²) in [5.41, 5.74) is 6.59. The maximum atomic E-state index is 13.2. The first-order valence-corrected chi connectivity index (χ1v) is 19.7. The fourth-order valence-electron chi connectivity index (χ4n) is 11.6. The lowest BCUT2D eigenvalue weighted by Gasteiger charge is -2.61. The molecule has 1 amide bonds. The maximum absolute atomic E-state index is 13.2.